The highest BCUT2D eigenvalue weighted by atomic mass is 16.3. The van der Waals surface area contributed by atoms with Crippen LogP contribution in [-0.4, -0.2) is 15.1 Å². The Morgan fingerprint density at radius 1 is 0.889 bits per heavy atom. The third-order valence-corrected chi connectivity index (χ3v) is 4.68. The molecule has 2 aromatic heterocycles. The van der Waals surface area contributed by atoms with Gasteiger partial charge in [-0.15, -0.1) is 0 Å². The highest BCUT2D eigenvalue weighted by Gasteiger charge is 2.20. The summed E-state index contributed by atoms with van der Waals surface area (Å²) < 4.78 is 0. The van der Waals surface area contributed by atoms with Gasteiger partial charge in [0, 0.05) is 22.8 Å². The van der Waals surface area contributed by atoms with Crippen molar-refractivity contribution >= 4 is 16.7 Å². The highest BCUT2D eigenvalue weighted by Crippen LogP contribution is 2.36. The minimum absolute atomic E-state index is 0.193. The first-order valence-electron chi connectivity index (χ1n) is 8.95. The lowest BCUT2D eigenvalue weighted by molar-refractivity contribution is 0.471. The summed E-state index contributed by atoms with van der Waals surface area (Å²) in [5.41, 5.74) is 4.55. The molecule has 0 fully saturated rings. The third-order valence-electron chi connectivity index (χ3n) is 4.68. The highest BCUT2D eigenvalue weighted by molar-refractivity contribution is 5.86. The summed E-state index contributed by atoms with van der Waals surface area (Å²) in [5.74, 6) is 0.958. The fourth-order valence-corrected chi connectivity index (χ4v) is 3.25. The van der Waals surface area contributed by atoms with Crippen molar-refractivity contribution in [2.75, 3.05) is 5.32 Å². The number of benzene rings is 2. The first kappa shape index (κ1) is 17.0. The molecule has 134 valence electrons. The van der Waals surface area contributed by atoms with Crippen LogP contribution >= 0.6 is 0 Å². The van der Waals surface area contributed by atoms with Gasteiger partial charge in [-0.2, -0.15) is 0 Å². The summed E-state index contributed by atoms with van der Waals surface area (Å²) in [6.45, 7) is 4.02. The Bertz CT molecular complexity index is 1090. The lowest BCUT2D eigenvalue weighted by Gasteiger charge is -2.22. The number of aryl methyl sites for hydroxylation is 2. The zero-order valence-corrected chi connectivity index (χ0v) is 15.3. The van der Waals surface area contributed by atoms with Crippen LogP contribution in [0.3, 0.4) is 0 Å². The molecule has 4 heteroatoms. The number of fused-ring (bicyclic) bond motifs is 1. The molecule has 4 rings (SSSR count). The normalized spacial score (nSPS) is 12.1. The molecule has 4 aromatic rings. The topological polar surface area (TPSA) is 58.0 Å². The maximum absolute atomic E-state index is 10.9. The molecular formula is C23H21N3O. The van der Waals surface area contributed by atoms with Crippen LogP contribution < -0.4 is 5.32 Å². The number of aromatic hydroxyl groups is 1. The second-order valence-corrected chi connectivity index (χ2v) is 6.73. The average molecular weight is 355 g/mol. The van der Waals surface area contributed by atoms with Crippen molar-refractivity contribution in [1.82, 2.24) is 9.97 Å². The maximum atomic E-state index is 10.9. The molecule has 0 radical (unpaired) electrons. The lowest BCUT2D eigenvalue weighted by Crippen LogP contribution is -2.14. The molecule has 0 aliphatic rings. The molecule has 2 N–H and O–H groups in total. The number of hydrogen-bond donors (Lipinski definition) is 2. The van der Waals surface area contributed by atoms with Gasteiger partial charge in [0.15, 0.2) is 0 Å². The number of rotatable bonds is 4. The Morgan fingerprint density at radius 2 is 1.70 bits per heavy atom. The van der Waals surface area contributed by atoms with Crippen molar-refractivity contribution < 1.29 is 5.11 Å². The molecule has 0 aliphatic heterocycles. The Balaban J connectivity index is 1.84. The summed E-state index contributed by atoms with van der Waals surface area (Å²) in [6, 6.07) is 21.7. The molecule has 2 heterocycles. The molecule has 1 atom stereocenters. The zero-order valence-electron chi connectivity index (χ0n) is 15.3. The van der Waals surface area contributed by atoms with E-state index in [1.165, 1.54) is 5.56 Å². The fraction of sp³-hybridized carbons (Fsp3) is 0.130. The van der Waals surface area contributed by atoms with Crippen LogP contribution in [0.2, 0.25) is 0 Å². The molecule has 1 unspecified atom stereocenters. The Labute approximate surface area is 158 Å². The van der Waals surface area contributed by atoms with Crippen molar-refractivity contribution in [2.45, 2.75) is 19.9 Å². The molecular weight excluding hydrogens is 334 g/mol. The van der Waals surface area contributed by atoms with Crippen LogP contribution in [0.4, 0.5) is 5.82 Å². The van der Waals surface area contributed by atoms with E-state index >= 15 is 0 Å². The van der Waals surface area contributed by atoms with Crippen molar-refractivity contribution in [1.29, 1.82) is 0 Å². The number of phenols is 1. The molecule has 0 spiro atoms. The fourth-order valence-electron chi connectivity index (χ4n) is 3.25. The van der Waals surface area contributed by atoms with Crippen molar-refractivity contribution in [3.05, 3.63) is 95.3 Å². The van der Waals surface area contributed by atoms with Crippen molar-refractivity contribution in [3.63, 3.8) is 0 Å². The van der Waals surface area contributed by atoms with Gasteiger partial charge in [0.25, 0.3) is 0 Å². The van der Waals surface area contributed by atoms with E-state index in [4.69, 9.17) is 0 Å². The summed E-state index contributed by atoms with van der Waals surface area (Å²) in [7, 11) is 0. The molecule has 0 aliphatic carbocycles. The smallest absolute Gasteiger partial charge is 0.147 e. The van der Waals surface area contributed by atoms with E-state index in [0.717, 1.165) is 28.0 Å². The van der Waals surface area contributed by atoms with Crippen molar-refractivity contribution in [2.24, 2.45) is 0 Å². The van der Waals surface area contributed by atoms with Crippen LogP contribution in [0.1, 0.15) is 28.4 Å². The van der Waals surface area contributed by atoms with E-state index in [1.54, 1.807) is 6.20 Å². The standard InChI is InChI=1S/C23H21N3O/c1-15-8-10-18(11-9-15)21(26-20-7-3-5-16(2)25-20)19-13-12-17-6-4-14-24-22(17)23(19)27/h3-14,21,27H,1-2H3,(H,25,26). The largest absolute Gasteiger partial charge is 0.505 e. The zero-order chi connectivity index (χ0) is 18.8. The quantitative estimate of drug-likeness (QED) is 0.531. The molecule has 4 nitrogen and oxygen atoms in total. The van der Waals surface area contributed by atoms with E-state index in [0.29, 0.717) is 5.52 Å². The number of hydrogen-bond acceptors (Lipinski definition) is 4. The van der Waals surface area contributed by atoms with E-state index in [9.17, 15) is 5.11 Å². The minimum Gasteiger partial charge on any atom is -0.505 e. The first-order chi connectivity index (χ1) is 13.1. The minimum atomic E-state index is -0.244. The number of phenolic OH excluding ortho intramolecular Hbond substituents is 1. The van der Waals surface area contributed by atoms with Gasteiger partial charge in [-0.25, -0.2) is 4.98 Å². The van der Waals surface area contributed by atoms with Gasteiger partial charge in [-0.1, -0.05) is 54.1 Å². The predicted octanol–water partition coefficient (Wildman–Crippen LogP) is 5.15. The van der Waals surface area contributed by atoms with Gasteiger partial charge < -0.3 is 10.4 Å². The SMILES string of the molecule is Cc1ccc(C(Nc2cccc(C)n2)c2ccc3cccnc3c2O)cc1. The number of anilines is 1. The number of nitrogens with one attached hydrogen (secondary N) is 1. The third kappa shape index (κ3) is 3.47. The van der Waals surface area contributed by atoms with Crippen LogP contribution in [0.25, 0.3) is 10.9 Å². The molecule has 2 aromatic carbocycles. The predicted molar refractivity (Wildman–Crippen MR) is 109 cm³/mol. The van der Waals surface area contributed by atoms with Crippen LogP contribution in [0.15, 0.2) is 72.9 Å². The Kier molecular flexibility index (Phi) is 4.47. The van der Waals surface area contributed by atoms with E-state index in [2.05, 4.69) is 46.5 Å². The summed E-state index contributed by atoms with van der Waals surface area (Å²) >= 11 is 0. The molecule has 0 bridgehead atoms. The van der Waals surface area contributed by atoms with Gasteiger partial charge in [0.2, 0.25) is 0 Å². The molecule has 27 heavy (non-hydrogen) atoms. The average Bonchev–Trinajstić information content (AvgIpc) is 2.68. The van der Waals surface area contributed by atoms with Gasteiger partial charge in [-0.05, 0) is 37.6 Å². The Hall–Kier alpha value is -3.40. The summed E-state index contributed by atoms with van der Waals surface area (Å²) in [4.78, 5) is 8.92. The van der Waals surface area contributed by atoms with Gasteiger partial charge in [0.05, 0.1) is 6.04 Å². The van der Waals surface area contributed by atoms with E-state index in [-0.39, 0.29) is 11.8 Å². The Morgan fingerprint density at radius 3 is 2.48 bits per heavy atom. The second-order valence-electron chi connectivity index (χ2n) is 6.73. The first-order valence-corrected chi connectivity index (χ1v) is 8.95. The number of aromatic nitrogens is 2. The van der Waals surface area contributed by atoms with Gasteiger partial charge in [-0.3, -0.25) is 4.98 Å². The molecule has 0 saturated carbocycles. The summed E-state index contributed by atoms with van der Waals surface area (Å²) in [6.07, 6.45) is 1.70. The van der Waals surface area contributed by atoms with Crippen molar-refractivity contribution in [3.8, 4) is 5.75 Å². The van der Waals surface area contributed by atoms with Gasteiger partial charge in [0.1, 0.15) is 17.1 Å². The monoisotopic (exact) mass is 355 g/mol. The number of nitrogens with zero attached hydrogens (tertiary/aromatic N) is 2. The van der Waals surface area contributed by atoms with Crippen LogP contribution in [0.5, 0.6) is 5.75 Å². The second kappa shape index (κ2) is 7.08. The van der Waals surface area contributed by atoms with Crippen LogP contribution in [0, 0.1) is 13.8 Å². The summed E-state index contributed by atoms with van der Waals surface area (Å²) in [5, 5.41) is 15.3. The van der Waals surface area contributed by atoms with Crippen LogP contribution in [-0.2, 0) is 0 Å². The van der Waals surface area contributed by atoms with E-state index < -0.39 is 0 Å². The molecule has 0 saturated heterocycles. The maximum Gasteiger partial charge on any atom is 0.147 e. The lowest BCUT2D eigenvalue weighted by atomic mass is 9.95. The van der Waals surface area contributed by atoms with E-state index in [1.807, 2.05) is 49.4 Å². The van der Waals surface area contributed by atoms with Gasteiger partial charge >= 0.3 is 0 Å². The number of pyridine rings is 2. The molecule has 0 amide bonds.